The largest absolute Gasteiger partial charge is 0.497 e. The van der Waals surface area contributed by atoms with Crippen molar-refractivity contribution in [3.63, 3.8) is 0 Å². The molecule has 1 fully saturated rings. The van der Waals surface area contributed by atoms with Crippen molar-refractivity contribution in [1.82, 2.24) is 24.8 Å². The summed E-state index contributed by atoms with van der Waals surface area (Å²) in [6.07, 6.45) is 7.32. The predicted octanol–water partition coefficient (Wildman–Crippen LogP) is 2.72. The number of rotatable bonds is 5. The Kier molecular flexibility index (Phi) is 5.91. The average molecular weight is 493 g/mol. The first-order valence-corrected chi connectivity index (χ1v) is 11.7. The van der Waals surface area contributed by atoms with Crippen LogP contribution >= 0.6 is 0 Å². The molecule has 3 aromatic rings. The highest BCUT2D eigenvalue weighted by molar-refractivity contribution is 5.96. The number of hydrogen-bond acceptors (Lipinski definition) is 7. The summed E-state index contributed by atoms with van der Waals surface area (Å²) in [6, 6.07) is 7.85. The van der Waals surface area contributed by atoms with E-state index in [4.69, 9.17) is 9.84 Å². The summed E-state index contributed by atoms with van der Waals surface area (Å²) in [5.41, 5.74) is 1.16. The molecule has 1 saturated heterocycles. The number of aromatic nitrogens is 3. The topological polar surface area (TPSA) is 95.2 Å². The third kappa shape index (κ3) is 4.17. The minimum absolute atomic E-state index is 0.253. The van der Waals surface area contributed by atoms with Gasteiger partial charge in [-0.2, -0.15) is 0 Å². The molecule has 0 radical (unpaired) electrons. The molecule has 188 valence electrons. The molecule has 2 N–H and O–H groups in total. The van der Waals surface area contributed by atoms with Gasteiger partial charge in [-0.3, -0.25) is 4.79 Å². The van der Waals surface area contributed by atoms with E-state index >= 15 is 0 Å². The van der Waals surface area contributed by atoms with E-state index in [0.29, 0.717) is 24.5 Å². The number of nitrogens with one attached hydrogen (secondary N) is 1. The molecule has 9 nitrogen and oxygen atoms in total. The second-order valence-corrected chi connectivity index (χ2v) is 9.41. The lowest BCUT2D eigenvalue weighted by atomic mass is 9.98. The van der Waals surface area contributed by atoms with Gasteiger partial charge in [0.2, 0.25) is 0 Å². The molecule has 0 saturated carbocycles. The molecule has 4 heterocycles. The number of hydrogen-bond donors (Lipinski definition) is 2. The van der Waals surface area contributed by atoms with Gasteiger partial charge in [0.25, 0.3) is 5.91 Å². The number of likely N-dealkylation sites (N-methyl/N-ethyl adjacent to an activating group) is 1. The number of ether oxygens (including phenoxy) is 1. The maximum absolute atomic E-state index is 14.4. The van der Waals surface area contributed by atoms with Crippen LogP contribution < -0.4 is 15.0 Å². The van der Waals surface area contributed by atoms with E-state index in [0.717, 1.165) is 16.9 Å². The second kappa shape index (κ2) is 8.94. The number of imidazole rings is 1. The van der Waals surface area contributed by atoms with Gasteiger partial charge in [0.1, 0.15) is 17.4 Å². The molecular weight excluding hydrogens is 463 g/mol. The average Bonchev–Trinajstić information content (AvgIpc) is 3.43. The van der Waals surface area contributed by atoms with Crippen molar-refractivity contribution in [2.75, 3.05) is 25.6 Å². The van der Waals surface area contributed by atoms with Gasteiger partial charge in [0.05, 0.1) is 30.6 Å². The first-order valence-electron chi connectivity index (χ1n) is 11.7. The zero-order valence-electron chi connectivity index (χ0n) is 20.6. The second-order valence-electron chi connectivity index (χ2n) is 9.41. The van der Waals surface area contributed by atoms with Crippen molar-refractivity contribution in [2.24, 2.45) is 0 Å². The fraction of sp³-hybridized carbons (Fsp3) is 0.346. The number of benzene rings is 1. The number of carbonyl (C=O) groups excluding carboxylic acids is 1. The van der Waals surface area contributed by atoms with Gasteiger partial charge in [-0.25, -0.2) is 13.9 Å². The van der Waals surface area contributed by atoms with Crippen LogP contribution in [-0.4, -0.2) is 63.0 Å². The maximum Gasteiger partial charge on any atom is 0.252 e. The third-order valence-corrected chi connectivity index (χ3v) is 6.98. The molecule has 2 aromatic heterocycles. The number of nitrogens with zero attached hydrogens (tertiary/aromatic N) is 5. The SMILES string of the molecule is COc1cc(F)cc([C@H]2CC(NC(=O)C3=CC=CN(C)C3(C)O)CN2c2ccc3ncc(C)n3n2)c1. The first kappa shape index (κ1) is 23.8. The number of carbonyl (C=O) groups is 1. The fourth-order valence-corrected chi connectivity index (χ4v) is 4.85. The van der Waals surface area contributed by atoms with Crippen molar-refractivity contribution >= 4 is 17.4 Å². The van der Waals surface area contributed by atoms with E-state index in [1.807, 2.05) is 19.1 Å². The Morgan fingerprint density at radius 2 is 2.11 bits per heavy atom. The predicted molar refractivity (Wildman–Crippen MR) is 133 cm³/mol. The van der Waals surface area contributed by atoms with Crippen molar-refractivity contribution in [3.05, 3.63) is 77.5 Å². The highest BCUT2D eigenvalue weighted by atomic mass is 19.1. The molecule has 2 aliphatic rings. The van der Waals surface area contributed by atoms with Gasteiger partial charge >= 0.3 is 0 Å². The lowest BCUT2D eigenvalue weighted by Gasteiger charge is -2.36. The van der Waals surface area contributed by atoms with Gasteiger partial charge in [-0.05, 0) is 62.2 Å². The van der Waals surface area contributed by atoms with E-state index in [2.05, 4.69) is 15.2 Å². The Morgan fingerprint density at radius 3 is 2.89 bits per heavy atom. The minimum Gasteiger partial charge on any atom is -0.497 e. The normalized spacial score (nSPS) is 23.8. The molecule has 0 bridgehead atoms. The summed E-state index contributed by atoms with van der Waals surface area (Å²) >= 11 is 0. The molecule has 3 atom stereocenters. The smallest absolute Gasteiger partial charge is 0.252 e. The quantitative estimate of drug-likeness (QED) is 0.566. The summed E-state index contributed by atoms with van der Waals surface area (Å²) in [7, 11) is 3.21. The molecule has 2 aliphatic heterocycles. The van der Waals surface area contributed by atoms with Crippen molar-refractivity contribution < 1.29 is 19.0 Å². The minimum atomic E-state index is -1.43. The number of halogens is 1. The highest BCUT2D eigenvalue weighted by Crippen LogP contribution is 2.37. The standard InChI is InChI=1S/C26H29FN6O3/c1-16-14-28-23-7-8-24(30-33(16)23)32-15-19(13-22(32)17-10-18(27)12-20(11-17)36-4)29-25(34)21-6-5-9-31(3)26(21,2)35/h5-12,14,19,22,35H,13,15H2,1-4H3,(H,29,34)/t19?,22-,26?/m1/s1. The highest BCUT2D eigenvalue weighted by Gasteiger charge is 2.39. The monoisotopic (exact) mass is 492 g/mol. The van der Waals surface area contributed by atoms with Gasteiger partial charge in [-0.15, -0.1) is 5.10 Å². The van der Waals surface area contributed by atoms with E-state index in [1.165, 1.54) is 19.2 Å². The first-order chi connectivity index (χ1) is 17.2. The molecular formula is C26H29FN6O3. The molecule has 1 amide bonds. The summed E-state index contributed by atoms with van der Waals surface area (Å²) in [6.45, 7) is 3.95. The van der Waals surface area contributed by atoms with Gasteiger partial charge in [0, 0.05) is 31.9 Å². The summed E-state index contributed by atoms with van der Waals surface area (Å²) < 4.78 is 21.5. The number of amides is 1. The zero-order chi connectivity index (χ0) is 25.6. The molecule has 0 aliphatic carbocycles. The maximum atomic E-state index is 14.4. The van der Waals surface area contributed by atoms with E-state index in [9.17, 15) is 14.3 Å². The Hall–Kier alpha value is -3.92. The van der Waals surface area contributed by atoms with Gasteiger partial charge in [0.15, 0.2) is 11.4 Å². The van der Waals surface area contributed by atoms with Crippen LogP contribution in [0.15, 0.2) is 60.5 Å². The van der Waals surface area contributed by atoms with Crippen LogP contribution in [-0.2, 0) is 4.79 Å². The lowest BCUT2D eigenvalue weighted by Crippen LogP contribution is -2.50. The molecule has 10 heteroatoms. The van der Waals surface area contributed by atoms with Crippen molar-refractivity contribution in [1.29, 1.82) is 0 Å². The van der Waals surface area contributed by atoms with E-state index < -0.39 is 11.5 Å². The summed E-state index contributed by atoms with van der Waals surface area (Å²) in [5, 5.41) is 18.7. The van der Waals surface area contributed by atoms with Gasteiger partial charge in [-0.1, -0.05) is 0 Å². The van der Waals surface area contributed by atoms with Gasteiger partial charge < -0.3 is 25.0 Å². The molecule has 36 heavy (non-hydrogen) atoms. The number of anilines is 1. The van der Waals surface area contributed by atoms with Crippen LogP contribution in [0, 0.1) is 12.7 Å². The molecule has 0 spiro atoms. The fourth-order valence-electron chi connectivity index (χ4n) is 4.85. The Bertz CT molecular complexity index is 1380. The summed E-state index contributed by atoms with van der Waals surface area (Å²) in [5.74, 6) is 0.348. The Labute approximate surface area is 208 Å². The Morgan fingerprint density at radius 1 is 1.31 bits per heavy atom. The van der Waals surface area contributed by atoms with E-state index in [-0.39, 0.29) is 23.6 Å². The molecule has 1 aromatic carbocycles. The zero-order valence-corrected chi connectivity index (χ0v) is 20.6. The Balaban J connectivity index is 1.48. The van der Waals surface area contributed by atoms with Crippen LogP contribution in [0.3, 0.4) is 0 Å². The summed E-state index contributed by atoms with van der Waals surface area (Å²) in [4.78, 5) is 21.2. The molecule has 2 unspecified atom stereocenters. The number of allylic oxidation sites excluding steroid dienone is 2. The van der Waals surface area contributed by atoms with Crippen molar-refractivity contribution in [3.8, 4) is 5.75 Å². The number of aliphatic hydroxyl groups is 1. The number of aryl methyl sites for hydroxylation is 1. The third-order valence-electron chi connectivity index (χ3n) is 6.98. The van der Waals surface area contributed by atoms with Crippen LogP contribution in [0.2, 0.25) is 0 Å². The van der Waals surface area contributed by atoms with Crippen LogP contribution in [0.5, 0.6) is 5.75 Å². The van der Waals surface area contributed by atoms with Crippen LogP contribution in [0.25, 0.3) is 5.65 Å². The molecule has 5 rings (SSSR count). The van der Waals surface area contributed by atoms with Crippen molar-refractivity contribution in [2.45, 2.75) is 38.1 Å². The lowest BCUT2D eigenvalue weighted by molar-refractivity contribution is -0.122. The van der Waals surface area contributed by atoms with Crippen LogP contribution in [0.1, 0.15) is 30.6 Å². The van der Waals surface area contributed by atoms with Crippen LogP contribution in [0.4, 0.5) is 10.2 Å². The van der Waals surface area contributed by atoms with E-state index in [1.54, 1.807) is 54.0 Å². The number of methoxy groups -OCH3 is 1. The number of fused-ring (bicyclic) bond motifs is 1.